The summed E-state index contributed by atoms with van der Waals surface area (Å²) in [5.74, 6) is 2.61. The molecular formula is C17H20ClNO2. The maximum absolute atomic E-state index is 5.90. The van der Waals surface area contributed by atoms with E-state index in [2.05, 4.69) is 18.8 Å². The van der Waals surface area contributed by atoms with Crippen LogP contribution < -0.4 is 9.47 Å². The number of nitrogens with zero attached hydrogens (tertiary/aromatic N) is 1. The third-order valence-electron chi connectivity index (χ3n) is 2.95. The highest BCUT2D eigenvalue weighted by atomic mass is 35.5. The number of halogens is 1. The van der Waals surface area contributed by atoms with Crippen molar-refractivity contribution in [2.45, 2.75) is 32.6 Å². The number of rotatable bonds is 7. The Balaban J connectivity index is 2.10. The van der Waals surface area contributed by atoms with Crippen LogP contribution >= 0.6 is 11.6 Å². The minimum absolute atomic E-state index is 0.454. The number of alkyl halides is 1. The van der Waals surface area contributed by atoms with Crippen molar-refractivity contribution in [2.75, 3.05) is 6.61 Å². The molecule has 0 atom stereocenters. The van der Waals surface area contributed by atoms with Gasteiger partial charge in [-0.15, -0.1) is 11.6 Å². The quantitative estimate of drug-likeness (QED) is 0.677. The molecule has 1 aromatic carbocycles. The molecule has 0 unspecified atom stereocenters. The molecule has 0 N–H and O–H groups in total. The van der Waals surface area contributed by atoms with Gasteiger partial charge in [0.25, 0.3) is 0 Å². The Labute approximate surface area is 130 Å². The molecule has 112 valence electrons. The molecule has 0 saturated carbocycles. The van der Waals surface area contributed by atoms with Gasteiger partial charge in [-0.2, -0.15) is 0 Å². The number of hydrogen-bond donors (Lipinski definition) is 0. The number of aromatic nitrogens is 1. The lowest BCUT2D eigenvalue weighted by Crippen LogP contribution is -1.96. The van der Waals surface area contributed by atoms with Crippen molar-refractivity contribution in [3.05, 3.63) is 47.7 Å². The SMILES string of the molecule is CCCOc1ccc(Oc2cc(CCl)cc(CC)n2)cc1. The second-order valence-electron chi connectivity index (χ2n) is 4.71. The van der Waals surface area contributed by atoms with Gasteiger partial charge in [-0.1, -0.05) is 13.8 Å². The fourth-order valence-corrected chi connectivity index (χ4v) is 2.03. The van der Waals surface area contributed by atoms with Gasteiger partial charge in [0, 0.05) is 17.6 Å². The van der Waals surface area contributed by atoms with Crippen LogP contribution in [0.3, 0.4) is 0 Å². The molecule has 21 heavy (non-hydrogen) atoms. The van der Waals surface area contributed by atoms with E-state index in [0.717, 1.165) is 42.2 Å². The van der Waals surface area contributed by atoms with Crippen molar-refractivity contribution in [1.29, 1.82) is 0 Å². The molecule has 1 heterocycles. The van der Waals surface area contributed by atoms with Gasteiger partial charge in [0.15, 0.2) is 0 Å². The van der Waals surface area contributed by atoms with Crippen molar-refractivity contribution in [1.82, 2.24) is 4.98 Å². The van der Waals surface area contributed by atoms with Gasteiger partial charge in [-0.25, -0.2) is 4.98 Å². The molecule has 0 aliphatic rings. The van der Waals surface area contributed by atoms with Crippen LogP contribution in [-0.4, -0.2) is 11.6 Å². The van der Waals surface area contributed by atoms with Gasteiger partial charge in [0.05, 0.1) is 6.61 Å². The fourth-order valence-electron chi connectivity index (χ4n) is 1.88. The third-order valence-corrected chi connectivity index (χ3v) is 3.26. The Morgan fingerprint density at radius 3 is 2.38 bits per heavy atom. The van der Waals surface area contributed by atoms with E-state index in [1.165, 1.54) is 0 Å². The Kier molecular flexibility index (Phi) is 5.88. The van der Waals surface area contributed by atoms with Crippen LogP contribution in [0.5, 0.6) is 17.4 Å². The van der Waals surface area contributed by atoms with E-state index in [1.807, 2.05) is 36.4 Å². The lowest BCUT2D eigenvalue weighted by molar-refractivity contribution is 0.317. The van der Waals surface area contributed by atoms with E-state index in [9.17, 15) is 0 Å². The molecule has 0 fully saturated rings. The first-order chi connectivity index (χ1) is 10.2. The maximum atomic E-state index is 5.90. The summed E-state index contributed by atoms with van der Waals surface area (Å²) in [5.41, 5.74) is 1.99. The lowest BCUT2D eigenvalue weighted by Gasteiger charge is -2.09. The Hall–Kier alpha value is -1.74. The smallest absolute Gasteiger partial charge is 0.219 e. The van der Waals surface area contributed by atoms with E-state index >= 15 is 0 Å². The van der Waals surface area contributed by atoms with E-state index in [0.29, 0.717) is 11.8 Å². The molecule has 2 aromatic rings. The molecule has 4 heteroatoms. The molecule has 0 aliphatic carbocycles. The van der Waals surface area contributed by atoms with Crippen LogP contribution in [-0.2, 0) is 12.3 Å². The fraction of sp³-hybridized carbons (Fsp3) is 0.353. The largest absolute Gasteiger partial charge is 0.494 e. The summed E-state index contributed by atoms with van der Waals surface area (Å²) in [5, 5.41) is 0. The average Bonchev–Trinajstić information content (AvgIpc) is 2.53. The molecular weight excluding hydrogens is 286 g/mol. The molecule has 0 aliphatic heterocycles. The summed E-state index contributed by atoms with van der Waals surface area (Å²) in [6.07, 6.45) is 1.85. The zero-order valence-corrected chi connectivity index (χ0v) is 13.2. The lowest BCUT2D eigenvalue weighted by atomic mass is 10.2. The normalized spacial score (nSPS) is 10.4. The van der Waals surface area contributed by atoms with Gasteiger partial charge in [0.1, 0.15) is 11.5 Å². The highest BCUT2D eigenvalue weighted by molar-refractivity contribution is 6.17. The van der Waals surface area contributed by atoms with Crippen molar-refractivity contribution < 1.29 is 9.47 Å². The van der Waals surface area contributed by atoms with Crippen molar-refractivity contribution >= 4 is 11.6 Å². The Morgan fingerprint density at radius 2 is 1.76 bits per heavy atom. The molecule has 0 bridgehead atoms. The Morgan fingerprint density at radius 1 is 1.05 bits per heavy atom. The van der Waals surface area contributed by atoms with E-state index in [1.54, 1.807) is 0 Å². The molecule has 0 amide bonds. The van der Waals surface area contributed by atoms with Gasteiger partial charge in [0.2, 0.25) is 5.88 Å². The first kappa shape index (κ1) is 15.6. The van der Waals surface area contributed by atoms with Gasteiger partial charge in [-0.3, -0.25) is 0 Å². The molecule has 0 radical (unpaired) electrons. The number of pyridine rings is 1. The average molecular weight is 306 g/mol. The topological polar surface area (TPSA) is 31.4 Å². The standard InChI is InChI=1S/C17H20ClNO2/c1-3-9-20-15-5-7-16(8-6-15)21-17-11-13(12-18)10-14(4-2)19-17/h5-8,10-11H,3-4,9,12H2,1-2H3. The zero-order valence-electron chi connectivity index (χ0n) is 12.4. The molecule has 2 rings (SSSR count). The summed E-state index contributed by atoms with van der Waals surface area (Å²) < 4.78 is 11.3. The monoisotopic (exact) mass is 305 g/mol. The number of ether oxygens (including phenoxy) is 2. The number of benzene rings is 1. The van der Waals surface area contributed by atoms with Gasteiger partial charge in [-0.05, 0) is 48.7 Å². The highest BCUT2D eigenvalue weighted by Gasteiger charge is 2.04. The molecule has 0 saturated heterocycles. The predicted molar refractivity (Wildman–Crippen MR) is 85.5 cm³/mol. The maximum Gasteiger partial charge on any atom is 0.219 e. The second kappa shape index (κ2) is 7.89. The second-order valence-corrected chi connectivity index (χ2v) is 4.98. The summed E-state index contributed by atoms with van der Waals surface area (Å²) in [6, 6.07) is 11.4. The van der Waals surface area contributed by atoms with Crippen LogP contribution in [0, 0.1) is 0 Å². The van der Waals surface area contributed by atoms with E-state index < -0.39 is 0 Å². The number of hydrogen-bond acceptors (Lipinski definition) is 3. The molecule has 0 spiro atoms. The van der Waals surface area contributed by atoms with Crippen LogP contribution in [0.4, 0.5) is 0 Å². The molecule has 1 aromatic heterocycles. The third kappa shape index (κ3) is 4.64. The first-order valence-electron chi connectivity index (χ1n) is 7.21. The van der Waals surface area contributed by atoms with Crippen molar-refractivity contribution in [3.63, 3.8) is 0 Å². The first-order valence-corrected chi connectivity index (χ1v) is 7.75. The van der Waals surface area contributed by atoms with Crippen LogP contribution in [0.25, 0.3) is 0 Å². The van der Waals surface area contributed by atoms with Crippen molar-refractivity contribution in [2.24, 2.45) is 0 Å². The van der Waals surface area contributed by atoms with Crippen LogP contribution in [0.15, 0.2) is 36.4 Å². The minimum Gasteiger partial charge on any atom is -0.494 e. The van der Waals surface area contributed by atoms with Gasteiger partial charge >= 0.3 is 0 Å². The van der Waals surface area contributed by atoms with Crippen LogP contribution in [0.2, 0.25) is 0 Å². The predicted octanol–water partition coefficient (Wildman–Crippen LogP) is 4.96. The van der Waals surface area contributed by atoms with Gasteiger partial charge < -0.3 is 9.47 Å². The zero-order chi connectivity index (χ0) is 15.1. The minimum atomic E-state index is 0.454. The van der Waals surface area contributed by atoms with Crippen molar-refractivity contribution in [3.8, 4) is 17.4 Å². The summed E-state index contributed by atoms with van der Waals surface area (Å²) in [7, 11) is 0. The highest BCUT2D eigenvalue weighted by Crippen LogP contribution is 2.24. The van der Waals surface area contributed by atoms with E-state index in [4.69, 9.17) is 21.1 Å². The summed E-state index contributed by atoms with van der Waals surface area (Å²) in [4.78, 5) is 4.46. The molecule has 3 nitrogen and oxygen atoms in total. The summed E-state index contributed by atoms with van der Waals surface area (Å²) >= 11 is 5.90. The Bertz CT molecular complexity index is 547. The van der Waals surface area contributed by atoms with E-state index in [-0.39, 0.29) is 0 Å². The number of aryl methyl sites for hydroxylation is 1. The summed E-state index contributed by atoms with van der Waals surface area (Å²) in [6.45, 7) is 4.86. The van der Waals surface area contributed by atoms with Crippen LogP contribution in [0.1, 0.15) is 31.5 Å².